The Morgan fingerprint density at radius 2 is 1.88 bits per heavy atom. The van der Waals surface area contributed by atoms with Crippen molar-refractivity contribution < 1.29 is 14.3 Å². The summed E-state index contributed by atoms with van der Waals surface area (Å²) in [5, 5.41) is 2.82. The van der Waals surface area contributed by atoms with Gasteiger partial charge < -0.3 is 14.8 Å². The molecule has 0 spiro atoms. The molecule has 0 aliphatic heterocycles. The number of halogens is 1. The molecule has 0 unspecified atom stereocenters. The second-order valence-electron chi connectivity index (χ2n) is 3.14. The Morgan fingerprint density at radius 3 is 2.38 bits per heavy atom. The van der Waals surface area contributed by atoms with Crippen LogP contribution in [0.25, 0.3) is 0 Å². The van der Waals surface area contributed by atoms with Crippen LogP contribution >= 0.6 is 15.9 Å². The van der Waals surface area contributed by atoms with E-state index in [-0.39, 0.29) is 12.3 Å². The Morgan fingerprint density at radius 1 is 1.31 bits per heavy atom. The van der Waals surface area contributed by atoms with Crippen LogP contribution in [-0.2, 0) is 0 Å². The minimum absolute atomic E-state index is 0.00433. The first-order valence-electron chi connectivity index (χ1n) is 4.73. The third-order valence-electron chi connectivity index (χ3n) is 2.11. The van der Waals surface area contributed by atoms with Gasteiger partial charge in [0.2, 0.25) is 0 Å². The van der Waals surface area contributed by atoms with Gasteiger partial charge in [0.05, 0.1) is 20.8 Å². The van der Waals surface area contributed by atoms with E-state index >= 15 is 0 Å². The van der Waals surface area contributed by atoms with Crippen LogP contribution in [0.4, 0.5) is 0 Å². The van der Waals surface area contributed by atoms with E-state index < -0.39 is 0 Å². The van der Waals surface area contributed by atoms with Crippen LogP contribution in [0.1, 0.15) is 10.4 Å². The zero-order valence-corrected chi connectivity index (χ0v) is 11.1. The standard InChI is InChI=1S/C11H14BrNO3/c1-13-6-9(14)7-4-10(15-2)11(16-3)5-8(7)12/h4-5,13H,6H2,1-3H3. The molecule has 88 valence electrons. The van der Waals surface area contributed by atoms with Gasteiger partial charge in [0.1, 0.15) is 0 Å². The van der Waals surface area contributed by atoms with Crippen LogP contribution < -0.4 is 14.8 Å². The van der Waals surface area contributed by atoms with Crippen molar-refractivity contribution in [3.63, 3.8) is 0 Å². The third kappa shape index (κ3) is 2.74. The highest BCUT2D eigenvalue weighted by molar-refractivity contribution is 9.10. The summed E-state index contributed by atoms with van der Waals surface area (Å²) < 4.78 is 11.0. The van der Waals surface area contributed by atoms with Crippen LogP contribution in [0.3, 0.4) is 0 Å². The molecule has 0 saturated heterocycles. The molecule has 0 amide bonds. The van der Waals surface area contributed by atoms with E-state index in [1.165, 1.54) is 7.11 Å². The highest BCUT2D eigenvalue weighted by atomic mass is 79.9. The fourth-order valence-electron chi connectivity index (χ4n) is 1.32. The molecule has 0 fully saturated rings. The monoisotopic (exact) mass is 287 g/mol. The molecule has 1 aromatic carbocycles. The topological polar surface area (TPSA) is 47.6 Å². The van der Waals surface area contributed by atoms with Crippen molar-refractivity contribution in [1.82, 2.24) is 5.32 Å². The lowest BCUT2D eigenvalue weighted by Crippen LogP contribution is -2.19. The molecule has 0 aliphatic carbocycles. The number of hydrogen-bond donors (Lipinski definition) is 1. The van der Waals surface area contributed by atoms with Gasteiger partial charge in [-0.1, -0.05) is 0 Å². The number of hydrogen-bond acceptors (Lipinski definition) is 4. The van der Waals surface area contributed by atoms with Crippen molar-refractivity contribution in [2.45, 2.75) is 0 Å². The van der Waals surface area contributed by atoms with E-state index in [0.717, 1.165) is 0 Å². The summed E-state index contributed by atoms with van der Waals surface area (Å²) >= 11 is 3.34. The van der Waals surface area contributed by atoms with E-state index in [1.807, 2.05) is 0 Å². The first-order valence-corrected chi connectivity index (χ1v) is 5.52. The summed E-state index contributed by atoms with van der Waals surface area (Å²) in [4.78, 5) is 11.7. The summed E-state index contributed by atoms with van der Waals surface area (Å²) in [6.07, 6.45) is 0. The van der Waals surface area contributed by atoms with Crippen LogP contribution in [0.15, 0.2) is 16.6 Å². The number of rotatable bonds is 5. The summed E-state index contributed by atoms with van der Waals surface area (Å²) in [7, 11) is 4.82. The zero-order valence-electron chi connectivity index (χ0n) is 9.46. The Bertz CT molecular complexity index is 393. The van der Waals surface area contributed by atoms with E-state index in [2.05, 4.69) is 21.2 Å². The van der Waals surface area contributed by atoms with E-state index in [4.69, 9.17) is 9.47 Å². The number of carbonyl (C=O) groups excluding carboxylic acids is 1. The van der Waals surface area contributed by atoms with Gasteiger partial charge >= 0.3 is 0 Å². The molecule has 1 aromatic rings. The number of Topliss-reactive ketones (excluding diaryl/α,β-unsaturated/α-hetero) is 1. The Labute approximate surface area is 103 Å². The number of benzene rings is 1. The van der Waals surface area contributed by atoms with Crippen LogP contribution in [0, 0.1) is 0 Å². The average molecular weight is 288 g/mol. The maximum absolute atomic E-state index is 11.7. The van der Waals surface area contributed by atoms with Crippen molar-refractivity contribution in [3.05, 3.63) is 22.2 Å². The minimum atomic E-state index is -0.00433. The van der Waals surface area contributed by atoms with Gasteiger partial charge in [0.25, 0.3) is 0 Å². The van der Waals surface area contributed by atoms with Gasteiger partial charge in [0.15, 0.2) is 17.3 Å². The Kier molecular flexibility index (Phi) is 4.76. The number of carbonyl (C=O) groups is 1. The largest absolute Gasteiger partial charge is 0.493 e. The molecule has 1 rings (SSSR count). The fraction of sp³-hybridized carbons (Fsp3) is 0.364. The molecule has 1 N–H and O–H groups in total. The molecule has 0 heterocycles. The highest BCUT2D eigenvalue weighted by Gasteiger charge is 2.14. The Balaban J connectivity index is 3.15. The highest BCUT2D eigenvalue weighted by Crippen LogP contribution is 2.33. The fourth-order valence-corrected chi connectivity index (χ4v) is 1.87. The lowest BCUT2D eigenvalue weighted by Gasteiger charge is -2.11. The zero-order chi connectivity index (χ0) is 12.1. The molecule has 0 bridgehead atoms. The van der Waals surface area contributed by atoms with Crippen molar-refractivity contribution in [2.24, 2.45) is 0 Å². The third-order valence-corrected chi connectivity index (χ3v) is 2.77. The normalized spacial score (nSPS) is 10.0. The molecule has 0 radical (unpaired) electrons. The van der Waals surface area contributed by atoms with Gasteiger partial charge in [0, 0.05) is 10.0 Å². The quantitative estimate of drug-likeness (QED) is 0.840. The lowest BCUT2D eigenvalue weighted by molar-refractivity contribution is 0.0992. The first-order chi connectivity index (χ1) is 7.63. The van der Waals surface area contributed by atoms with Gasteiger partial charge in [-0.2, -0.15) is 0 Å². The van der Waals surface area contributed by atoms with Gasteiger partial charge in [-0.25, -0.2) is 0 Å². The molecule has 0 atom stereocenters. The SMILES string of the molecule is CNCC(=O)c1cc(OC)c(OC)cc1Br. The average Bonchev–Trinajstić information content (AvgIpc) is 2.28. The second-order valence-corrected chi connectivity index (χ2v) is 3.99. The van der Waals surface area contributed by atoms with Gasteiger partial charge in [-0.3, -0.25) is 4.79 Å². The summed E-state index contributed by atoms with van der Waals surface area (Å²) in [5.41, 5.74) is 0.576. The lowest BCUT2D eigenvalue weighted by atomic mass is 10.1. The molecule has 5 heteroatoms. The summed E-state index contributed by atoms with van der Waals surface area (Å²) in [6.45, 7) is 0.286. The number of nitrogens with one attached hydrogen (secondary N) is 1. The number of ether oxygens (including phenoxy) is 2. The van der Waals surface area contributed by atoms with Crippen molar-refractivity contribution in [3.8, 4) is 11.5 Å². The number of likely N-dealkylation sites (N-methyl/N-ethyl adjacent to an activating group) is 1. The smallest absolute Gasteiger partial charge is 0.177 e. The molecular formula is C11H14BrNO3. The molecule has 0 saturated carbocycles. The first kappa shape index (κ1) is 13.0. The maximum Gasteiger partial charge on any atom is 0.177 e. The predicted molar refractivity (Wildman–Crippen MR) is 65.5 cm³/mol. The molecular weight excluding hydrogens is 274 g/mol. The molecule has 16 heavy (non-hydrogen) atoms. The van der Waals surface area contributed by atoms with Crippen molar-refractivity contribution >= 4 is 21.7 Å². The van der Waals surface area contributed by atoms with Crippen molar-refractivity contribution in [2.75, 3.05) is 27.8 Å². The number of ketones is 1. The van der Waals surface area contributed by atoms with Gasteiger partial charge in [-0.05, 0) is 35.1 Å². The molecule has 0 aromatic heterocycles. The maximum atomic E-state index is 11.7. The van der Waals surface area contributed by atoms with Crippen LogP contribution in [-0.4, -0.2) is 33.6 Å². The summed E-state index contributed by atoms with van der Waals surface area (Å²) in [5.74, 6) is 1.14. The predicted octanol–water partition coefficient (Wildman–Crippen LogP) is 1.87. The summed E-state index contributed by atoms with van der Waals surface area (Å²) in [6, 6.07) is 3.39. The second kappa shape index (κ2) is 5.86. The number of methoxy groups -OCH3 is 2. The molecule has 4 nitrogen and oxygen atoms in total. The molecule has 0 aliphatic rings. The van der Waals surface area contributed by atoms with E-state index in [0.29, 0.717) is 21.5 Å². The van der Waals surface area contributed by atoms with Gasteiger partial charge in [-0.15, -0.1) is 0 Å². The van der Waals surface area contributed by atoms with Crippen molar-refractivity contribution in [1.29, 1.82) is 0 Å². The van der Waals surface area contributed by atoms with E-state index in [9.17, 15) is 4.79 Å². The Hall–Kier alpha value is -1.07. The minimum Gasteiger partial charge on any atom is -0.493 e. The van der Waals surface area contributed by atoms with Crippen LogP contribution in [0.5, 0.6) is 11.5 Å². The van der Waals surface area contributed by atoms with Crippen LogP contribution in [0.2, 0.25) is 0 Å². The van der Waals surface area contributed by atoms with E-state index in [1.54, 1.807) is 26.3 Å².